The molecule has 0 unspecified atom stereocenters. The van der Waals surface area contributed by atoms with Crippen molar-refractivity contribution in [2.24, 2.45) is 0 Å². The van der Waals surface area contributed by atoms with Gasteiger partial charge in [-0.15, -0.1) is 0 Å². The Hall–Kier alpha value is -0.670. The average molecular weight is 267 g/mol. The first-order valence-electron chi connectivity index (χ1n) is 6.54. The lowest BCUT2D eigenvalue weighted by molar-refractivity contribution is 0.318. The van der Waals surface area contributed by atoms with Crippen LogP contribution in [0, 0.1) is 0 Å². The van der Waals surface area contributed by atoms with Gasteiger partial charge in [-0.3, -0.25) is 0 Å². The minimum absolute atomic E-state index is 0.553. The van der Waals surface area contributed by atoms with Crippen LogP contribution in [0.1, 0.15) is 37.3 Å². The molecule has 0 aliphatic rings. The van der Waals surface area contributed by atoms with Gasteiger partial charge >= 0.3 is 0 Å². The van der Waals surface area contributed by atoms with Crippen LogP contribution >= 0.6 is 12.6 Å². The molecule has 0 atom stereocenters. The number of nitrogens with zero attached hydrogens (tertiary/aromatic N) is 1. The highest BCUT2D eigenvalue weighted by Crippen LogP contribution is 2.25. The summed E-state index contributed by atoms with van der Waals surface area (Å²) in [6.07, 6.45) is 1.12. The lowest BCUT2D eigenvalue weighted by atomic mass is 10.00. The molecule has 1 aromatic rings. The molecule has 0 saturated carbocycles. The fourth-order valence-electron chi connectivity index (χ4n) is 1.99. The summed E-state index contributed by atoms with van der Waals surface area (Å²) in [6, 6.07) is 6.50. The molecule has 0 amide bonds. The summed E-state index contributed by atoms with van der Waals surface area (Å²) in [6.45, 7) is 6.43. The zero-order chi connectivity index (χ0) is 13.5. The van der Waals surface area contributed by atoms with Crippen molar-refractivity contribution in [2.45, 2.75) is 32.7 Å². The van der Waals surface area contributed by atoms with Gasteiger partial charge in [0, 0.05) is 12.1 Å². The van der Waals surface area contributed by atoms with Crippen LogP contribution in [0.3, 0.4) is 0 Å². The predicted molar refractivity (Wildman–Crippen MR) is 81.9 cm³/mol. The molecule has 0 heterocycles. The molecule has 0 bridgehead atoms. The maximum atomic E-state index is 5.44. The molecule has 0 spiro atoms. The van der Waals surface area contributed by atoms with Gasteiger partial charge in [0.2, 0.25) is 0 Å². The summed E-state index contributed by atoms with van der Waals surface area (Å²) in [4.78, 5) is 2.32. The summed E-state index contributed by atoms with van der Waals surface area (Å²) in [5.41, 5.74) is 2.64. The van der Waals surface area contributed by atoms with E-state index in [0.717, 1.165) is 31.0 Å². The van der Waals surface area contributed by atoms with Gasteiger partial charge in [-0.1, -0.05) is 26.0 Å². The summed E-state index contributed by atoms with van der Waals surface area (Å²) < 4.78 is 5.44. The van der Waals surface area contributed by atoms with Crippen LogP contribution in [-0.4, -0.2) is 31.4 Å². The van der Waals surface area contributed by atoms with Crippen LogP contribution < -0.4 is 4.74 Å². The molecule has 1 aromatic carbocycles. The highest BCUT2D eigenvalue weighted by atomic mass is 32.1. The van der Waals surface area contributed by atoms with Gasteiger partial charge in [-0.25, -0.2) is 0 Å². The van der Waals surface area contributed by atoms with Gasteiger partial charge in [-0.2, -0.15) is 12.6 Å². The standard InChI is InChI=1S/C15H25NOS/c1-12(2)13-6-7-15(17-4)14(10-13)11-16(3)8-5-9-18/h6-7,10,12,18H,5,8-9,11H2,1-4H3. The lowest BCUT2D eigenvalue weighted by Crippen LogP contribution is -2.20. The molecule has 0 radical (unpaired) electrons. The van der Waals surface area contributed by atoms with Crippen molar-refractivity contribution in [3.63, 3.8) is 0 Å². The molecule has 18 heavy (non-hydrogen) atoms. The number of methoxy groups -OCH3 is 1. The second-order valence-electron chi connectivity index (χ2n) is 5.04. The maximum absolute atomic E-state index is 5.44. The van der Waals surface area contributed by atoms with Crippen molar-refractivity contribution >= 4 is 12.6 Å². The molecule has 102 valence electrons. The third-order valence-corrected chi connectivity index (χ3v) is 3.43. The Morgan fingerprint density at radius 3 is 2.61 bits per heavy atom. The summed E-state index contributed by atoms with van der Waals surface area (Å²) in [5, 5.41) is 0. The number of ether oxygens (including phenoxy) is 1. The zero-order valence-electron chi connectivity index (χ0n) is 11.9. The lowest BCUT2D eigenvalue weighted by Gasteiger charge is -2.19. The molecule has 0 aliphatic carbocycles. The highest BCUT2D eigenvalue weighted by Gasteiger charge is 2.09. The monoisotopic (exact) mass is 267 g/mol. The Bertz CT molecular complexity index is 366. The van der Waals surface area contributed by atoms with Crippen molar-refractivity contribution < 1.29 is 4.74 Å². The number of rotatable bonds is 7. The molecule has 0 N–H and O–H groups in total. The normalized spacial score (nSPS) is 11.3. The van der Waals surface area contributed by atoms with Crippen LogP contribution in [0.4, 0.5) is 0 Å². The molecule has 0 fully saturated rings. The molecule has 0 aliphatic heterocycles. The Morgan fingerprint density at radius 1 is 1.33 bits per heavy atom. The van der Waals surface area contributed by atoms with Gasteiger partial charge in [0.15, 0.2) is 0 Å². The smallest absolute Gasteiger partial charge is 0.123 e. The van der Waals surface area contributed by atoms with Crippen LogP contribution in [-0.2, 0) is 6.54 Å². The Labute approximate surface area is 117 Å². The van der Waals surface area contributed by atoms with Crippen molar-refractivity contribution in [1.82, 2.24) is 4.90 Å². The van der Waals surface area contributed by atoms with E-state index in [2.05, 4.69) is 56.6 Å². The average Bonchev–Trinajstić information content (AvgIpc) is 2.36. The maximum Gasteiger partial charge on any atom is 0.123 e. The fraction of sp³-hybridized carbons (Fsp3) is 0.600. The largest absolute Gasteiger partial charge is 0.496 e. The number of hydrogen-bond donors (Lipinski definition) is 1. The van der Waals surface area contributed by atoms with E-state index in [1.165, 1.54) is 11.1 Å². The summed E-state index contributed by atoms with van der Waals surface area (Å²) in [5.74, 6) is 2.47. The first-order valence-corrected chi connectivity index (χ1v) is 7.18. The minimum Gasteiger partial charge on any atom is -0.496 e. The number of hydrogen-bond acceptors (Lipinski definition) is 3. The molecular formula is C15H25NOS. The SMILES string of the molecule is COc1ccc(C(C)C)cc1CN(C)CCCS. The molecule has 0 aromatic heterocycles. The van der Waals surface area contributed by atoms with E-state index in [4.69, 9.17) is 4.74 Å². The van der Waals surface area contributed by atoms with E-state index in [1.54, 1.807) is 7.11 Å². The molecule has 1 rings (SSSR count). The van der Waals surface area contributed by atoms with E-state index < -0.39 is 0 Å². The fourth-order valence-corrected chi connectivity index (χ4v) is 2.13. The molecule has 2 nitrogen and oxygen atoms in total. The zero-order valence-corrected chi connectivity index (χ0v) is 12.8. The molecule has 3 heteroatoms. The van der Waals surface area contributed by atoms with Gasteiger partial charge < -0.3 is 9.64 Å². The summed E-state index contributed by atoms with van der Waals surface area (Å²) in [7, 11) is 3.88. The van der Waals surface area contributed by atoms with Crippen molar-refractivity contribution in [2.75, 3.05) is 26.5 Å². The molecule has 0 saturated heterocycles. The highest BCUT2D eigenvalue weighted by molar-refractivity contribution is 7.80. The van der Waals surface area contributed by atoms with Crippen LogP contribution in [0.15, 0.2) is 18.2 Å². The van der Waals surface area contributed by atoms with E-state index in [1.807, 2.05) is 0 Å². The first kappa shape index (κ1) is 15.4. The number of thiol groups is 1. The van der Waals surface area contributed by atoms with Gasteiger partial charge in [-0.05, 0) is 43.3 Å². The first-order chi connectivity index (χ1) is 8.58. The van der Waals surface area contributed by atoms with Crippen molar-refractivity contribution in [3.8, 4) is 5.75 Å². The third kappa shape index (κ3) is 4.54. The second-order valence-corrected chi connectivity index (χ2v) is 5.49. The van der Waals surface area contributed by atoms with Gasteiger partial charge in [0.1, 0.15) is 5.75 Å². The van der Waals surface area contributed by atoms with Gasteiger partial charge in [0.05, 0.1) is 7.11 Å². The quantitative estimate of drug-likeness (QED) is 0.758. The number of benzene rings is 1. The summed E-state index contributed by atoms with van der Waals surface area (Å²) >= 11 is 4.25. The van der Waals surface area contributed by atoms with E-state index in [0.29, 0.717) is 5.92 Å². The predicted octanol–water partition coefficient (Wildman–Crippen LogP) is 3.57. The van der Waals surface area contributed by atoms with Crippen LogP contribution in [0.5, 0.6) is 5.75 Å². The van der Waals surface area contributed by atoms with Crippen LogP contribution in [0.25, 0.3) is 0 Å². The minimum atomic E-state index is 0.553. The van der Waals surface area contributed by atoms with E-state index >= 15 is 0 Å². The second kappa shape index (κ2) is 7.70. The third-order valence-electron chi connectivity index (χ3n) is 3.11. The Kier molecular flexibility index (Phi) is 6.58. The topological polar surface area (TPSA) is 12.5 Å². The van der Waals surface area contributed by atoms with Crippen molar-refractivity contribution in [3.05, 3.63) is 29.3 Å². The molecular weight excluding hydrogens is 242 g/mol. The van der Waals surface area contributed by atoms with Crippen molar-refractivity contribution in [1.29, 1.82) is 0 Å². The van der Waals surface area contributed by atoms with Gasteiger partial charge in [0.25, 0.3) is 0 Å². The Morgan fingerprint density at radius 2 is 2.06 bits per heavy atom. The van der Waals surface area contributed by atoms with E-state index in [9.17, 15) is 0 Å². The van der Waals surface area contributed by atoms with Crippen LogP contribution in [0.2, 0.25) is 0 Å². The Balaban J connectivity index is 2.80. The van der Waals surface area contributed by atoms with E-state index in [-0.39, 0.29) is 0 Å².